The van der Waals surface area contributed by atoms with E-state index in [9.17, 15) is 4.79 Å². The molecule has 0 aromatic rings. The van der Waals surface area contributed by atoms with Gasteiger partial charge < -0.3 is 5.73 Å². The zero-order valence-corrected chi connectivity index (χ0v) is 7.85. The second-order valence-corrected chi connectivity index (χ2v) is 6.11. The van der Waals surface area contributed by atoms with Crippen LogP contribution < -0.4 is 5.73 Å². The number of carbonyl (C=O) groups excluding carboxylic acids is 1. The summed E-state index contributed by atoms with van der Waals surface area (Å²) in [6, 6.07) is 0. The highest BCUT2D eigenvalue weighted by atomic mass is 127. The van der Waals surface area contributed by atoms with E-state index in [0.29, 0.717) is 15.3 Å². The van der Waals surface area contributed by atoms with Gasteiger partial charge in [-0.05, 0) is 24.7 Å². The summed E-state index contributed by atoms with van der Waals surface area (Å²) in [5.41, 5.74) is 5.48. The number of amides is 1. The van der Waals surface area contributed by atoms with Crippen molar-refractivity contribution in [1.82, 2.24) is 0 Å². The van der Waals surface area contributed by atoms with E-state index in [1.165, 1.54) is 19.3 Å². The highest BCUT2D eigenvalue weighted by Crippen LogP contribution is 2.73. The molecule has 0 saturated heterocycles. The summed E-state index contributed by atoms with van der Waals surface area (Å²) in [6.45, 7) is 0. The van der Waals surface area contributed by atoms with Crippen LogP contribution in [0.25, 0.3) is 0 Å². The maximum absolute atomic E-state index is 10.6. The zero-order chi connectivity index (χ0) is 7.41. The van der Waals surface area contributed by atoms with E-state index in [2.05, 4.69) is 22.6 Å². The van der Waals surface area contributed by atoms with Crippen molar-refractivity contribution < 1.29 is 4.79 Å². The molecule has 0 spiro atoms. The van der Waals surface area contributed by atoms with Gasteiger partial charge >= 0.3 is 0 Å². The highest BCUT2D eigenvalue weighted by Gasteiger charge is 2.66. The lowest BCUT2D eigenvalue weighted by molar-refractivity contribution is -0.131. The topological polar surface area (TPSA) is 43.1 Å². The Hall–Kier alpha value is 0.200. The summed E-state index contributed by atoms with van der Waals surface area (Å²) < 4.78 is 0.577. The van der Waals surface area contributed by atoms with Gasteiger partial charge in [-0.15, -0.1) is 0 Å². The first-order valence-electron chi connectivity index (χ1n) is 3.51. The maximum Gasteiger partial charge on any atom is 0.217 e. The van der Waals surface area contributed by atoms with E-state index in [1.54, 1.807) is 0 Å². The SMILES string of the molecule is NC(=O)CC12CC(I)(C1)C2. The molecule has 0 radical (unpaired) electrons. The van der Waals surface area contributed by atoms with Crippen LogP contribution in [0.3, 0.4) is 0 Å². The van der Waals surface area contributed by atoms with Crippen molar-refractivity contribution in [1.29, 1.82) is 0 Å². The molecule has 2 N–H and O–H groups in total. The second kappa shape index (κ2) is 1.68. The molecule has 1 amide bonds. The van der Waals surface area contributed by atoms with Crippen molar-refractivity contribution in [2.45, 2.75) is 29.1 Å². The Bertz CT molecular complexity index is 182. The van der Waals surface area contributed by atoms with Gasteiger partial charge in [0.05, 0.1) is 0 Å². The zero-order valence-electron chi connectivity index (χ0n) is 5.69. The van der Waals surface area contributed by atoms with E-state index >= 15 is 0 Å². The number of hydrogen-bond donors (Lipinski definition) is 1. The highest BCUT2D eigenvalue weighted by molar-refractivity contribution is 14.1. The van der Waals surface area contributed by atoms with Crippen molar-refractivity contribution >= 4 is 28.5 Å². The third-order valence-electron chi connectivity index (χ3n) is 2.62. The van der Waals surface area contributed by atoms with Crippen LogP contribution in [0.4, 0.5) is 0 Å². The number of nitrogens with two attached hydrogens (primary N) is 1. The van der Waals surface area contributed by atoms with E-state index < -0.39 is 0 Å². The third kappa shape index (κ3) is 0.790. The van der Waals surface area contributed by atoms with E-state index in [4.69, 9.17) is 5.73 Å². The minimum Gasteiger partial charge on any atom is -0.370 e. The average Bonchev–Trinajstić information content (AvgIpc) is 1.56. The number of primary amides is 1. The molecule has 0 aliphatic heterocycles. The molecule has 3 aliphatic rings. The van der Waals surface area contributed by atoms with Crippen molar-refractivity contribution in [3.63, 3.8) is 0 Å². The molecule has 3 rings (SSSR count). The predicted molar refractivity (Wildman–Crippen MR) is 46.8 cm³/mol. The standard InChI is InChI=1S/C7H10INO/c8-7-2-6(3-7,4-7)1-5(9)10/h1-4H2,(H2,9,10). The Labute approximate surface area is 73.7 Å². The summed E-state index contributed by atoms with van der Waals surface area (Å²) in [5, 5.41) is 0. The lowest BCUT2D eigenvalue weighted by Crippen LogP contribution is -2.63. The molecule has 0 atom stereocenters. The molecule has 2 bridgehead atoms. The molecule has 0 heterocycles. The molecule has 0 aromatic heterocycles. The van der Waals surface area contributed by atoms with Crippen molar-refractivity contribution in [3.8, 4) is 0 Å². The molecule has 3 aliphatic carbocycles. The number of rotatable bonds is 2. The van der Waals surface area contributed by atoms with Crippen molar-refractivity contribution in [2.24, 2.45) is 11.1 Å². The Morgan fingerprint density at radius 2 is 2.00 bits per heavy atom. The lowest BCUT2D eigenvalue weighted by Gasteiger charge is -2.68. The Kier molecular flexibility index (Phi) is 1.15. The fraction of sp³-hybridized carbons (Fsp3) is 0.857. The molecule has 3 heteroatoms. The summed E-state index contributed by atoms with van der Waals surface area (Å²) in [5.74, 6) is -0.127. The second-order valence-electron chi connectivity index (χ2n) is 3.82. The lowest BCUT2D eigenvalue weighted by atomic mass is 9.43. The van der Waals surface area contributed by atoms with E-state index in [-0.39, 0.29) is 5.91 Å². The van der Waals surface area contributed by atoms with Gasteiger partial charge in [0, 0.05) is 9.84 Å². The summed E-state index contributed by atoms with van der Waals surface area (Å²) in [6.07, 6.45) is 4.30. The van der Waals surface area contributed by atoms with Gasteiger partial charge in [0.25, 0.3) is 0 Å². The first-order valence-corrected chi connectivity index (χ1v) is 4.59. The monoisotopic (exact) mass is 251 g/mol. The molecule has 3 fully saturated rings. The molecule has 0 aromatic carbocycles. The van der Waals surface area contributed by atoms with Crippen LogP contribution in [0.2, 0.25) is 0 Å². The van der Waals surface area contributed by atoms with Crippen molar-refractivity contribution in [3.05, 3.63) is 0 Å². The van der Waals surface area contributed by atoms with Gasteiger partial charge in [0.15, 0.2) is 0 Å². The van der Waals surface area contributed by atoms with Crippen LogP contribution in [-0.4, -0.2) is 9.33 Å². The van der Waals surface area contributed by atoms with Crippen LogP contribution in [0.15, 0.2) is 0 Å². The quantitative estimate of drug-likeness (QED) is 0.582. The van der Waals surface area contributed by atoms with Gasteiger partial charge in [0.1, 0.15) is 0 Å². The first-order chi connectivity index (χ1) is 4.54. The molecular weight excluding hydrogens is 241 g/mol. The Morgan fingerprint density at radius 1 is 1.50 bits per heavy atom. The van der Waals surface area contributed by atoms with Crippen LogP contribution in [0.5, 0.6) is 0 Å². The molecule has 56 valence electrons. The Morgan fingerprint density at radius 3 is 2.30 bits per heavy atom. The largest absolute Gasteiger partial charge is 0.370 e. The van der Waals surface area contributed by atoms with Gasteiger partial charge in [-0.2, -0.15) is 0 Å². The van der Waals surface area contributed by atoms with Crippen LogP contribution in [-0.2, 0) is 4.79 Å². The van der Waals surface area contributed by atoms with Gasteiger partial charge in [0.2, 0.25) is 5.91 Å². The third-order valence-corrected chi connectivity index (χ3v) is 3.77. The summed E-state index contributed by atoms with van der Waals surface area (Å²) in [7, 11) is 0. The molecule has 0 unspecified atom stereocenters. The minimum absolute atomic E-state index is 0.127. The average molecular weight is 251 g/mol. The fourth-order valence-electron chi connectivity index (χ4n) is 2.42. The number of carbonyl (C=O) groups is 1. The van der Waals surface area contributed by atoms with Crippen LogP contribution in [0, 0.1) is 5.41 Å². The molecule has 2 nitrogen and oxygen atoms in total. The van der Waals surface area contributed by atoms with Gasteiger partial charge in [-0.3, -0.25) is 4.79 Å². The van der Waals surface area contributed by atoms with Crippen LogP contribution in [0.1, 0.15) is 25.7 Å². The maximum atomic E-state index is 10.6. The van der Waals surface area contributed by atoms with Gasteiger partial charge in [-0.25, -0.2) is 0 Å². The fourth-order valence-corrected chi connectivity index (χ4v) is 4.85. The summed E-state index contributed by atoms with van der Waals surface area (Å²) in [4.78, 5) is 10.6. The molecule has 10 heavy (non-hydrogen) atoms. The molecule has 3 saturated carbocycles. The Balaban J connectivity index is 1.93. The van der Waals surface area contributed by atoms with Gasteiger partial charge in [-0.1, -0.05) is 22.6 Å². The smallest absolute Gasteiger partial charge is 0.217 e. The minimum atomic E-state index is -0.127. The predicted octanol–water partition coefficient (Wildman–Crippen LogP) is 1.22. The molecular formula is C7H10INO. The number of halogens is 1. The van der Waals surface area contributed by atoms with Crippen LogP contribution >= 0.6 is 22.6 Å². The summed E-state index contributed by atoms with van der Waals surface area (Å²) >= 11 is 2.50. The van der Waals surface area contributed by atoms with Crippen molar-refractivity contribution in [2.75, 3.05) is 0 Å². The number of alkyl halides is 1. The number of hydrogen-bond acceptors (Lipinski definition) is 1. The van der Waals surface area contributed by atoms with E-state index in [0.717, 1.165) is 0 Å². The normalized spacial score (nSPS) is 49.3. The first kappa shape index (κ1) is 6.88. The van der Waals surface area contributed by atoms with E-state index in [1.807, 2.05) is 0 Å².